The fourth-order valence-corrected chi connectivity index (χ4v) is 2.11. The smallest absolute Gasteiger partial charge is 0.137 e. The van der Waals surface area contributed by atoms with Crippen LogP contribution >= 0.6 is 0 Å². The van der Waals surface area contributed by atoms with Crippen molar-refractivity contribution in [3.05, 3.63) is 48.8 Å². The third-order valence-corrected chi connectivity index (χ3v) is 2.94. The zero-order chi connectivity index (χ0) is 12.4. The van der Waals surface area contributed by atoms with Crippen molar-refractivity contribution in [3.63, 3.8) is 0 Å². The third-order valence-electron chi connectivity index (χ3n) is 2.94. The minimum Gasteiger partial charge on any atom is -0.494 e. The fraction of sp³-hybridized carbons (Fsp3) is 0.133. The highest BCUT2D eigenvalue weighted by atomic mass is 16.5. The van der Waals surface area contributed by atoms with Gasteiger partial charge in [-0.1, -0.05) is 12.1 Å². The molecule has 1 N–H and O–H groups in total. The molecule has 0 radical (unpaired) electrons. The monoisotopic (exact) mass is 238 g/mol. The van der Waals surface area contributed by atoms with Gasteiger partial charge in [-0.25, -0.2) is 4.98 Å². The Morgan fingerprint density at radius 2 is 1.94 bits per heavy atom. The SMILES string of the molecule is CCOc1ccc(-c2ccnc3[nH]ccc23)cc1. The summed E-state index contributed by atoms with van der Waals surface area (Å²) in [6.07, 6.45) is 3.74. The first-order chi connectivity index (χ1) is 8.88. The highest BCUT2D eigenvalue weighted by Crippen LogP contribution is 2.28. The molecule has 3 heteroatoms. The van der Waals surface area contributed by atoms with Crippen molar-refractivity contribution in [2.45, 2.75) is 6.92 Å². The number of ether oxygens (including phenoxy) is 1. The molecule has 90 valence electrons. The van der Waals surface area contributed by atoms with E-state index in [1.54, 1.807) is 0 Å². The molecule has 0 saturated heterocycles. The van der Waals surface area contributed by atoms with Gasteiger partial charge < -0.3 is 9.72 Å². The lowest BCUT2D eigenvalue weighted by atomic mass is 10.0. The van der Waals surface area contributed by atoms with E-state index < -0.39 is 0 Å². The van der Waals surface area contributed by atoms with Crippen molar-refractivity contribution in [3.8, 4) is 16.9 Å². The molecular formula is C15H14N2O. The average molecular weight is 238 g/mol. The van der Waals surface area contributed by atoms with E-state index in [4.69, 9.17) is 4.74 Å². The first-order valence-corrected chi connectivity index (χ1v) is 6.04. The van der Waals surface area contributed by atoms with Crippen LogP contribution in [-0.2, 0) is 0 Å². The number of aromatic amines is 1. The van der Waals surface area contributed by atoms with Gasteiger partial charge in [0.05, 0.1) is 6.61 Å². The Kier molecular flexibility index (Phi) is 2.73. The second-order valence-electron chi connectivity index (χ2n) is 4.06. The van der Waals surface area contributed by atoms with Crippen LogP contribution in [0.1, 0.15) is 6.92 Å². The zero-order valence-corrected chi connectivity index (χ0v) is 10.2. The average Bonchev–Trinajstić information content (AvgIpc) is 2.88. The number of nitrogens with zero attached hydrogens (tertiary/aromatic N) is 1. The molecule has 0 fully saturated rings. The van der Waals surface area contributed by atoms with Gasteiger partial charge in [0.1, 0.15) is 11.4 Å². The summed E-state index contributed by atoms with van der Waals surface area (Å²) in [4.78, 5) is 7.42. The Hall–Kier alpha value is -2.29. The molecule has 0 unspecified atom stereocenters. The summed E-state index contributed by atoms with van der Waals surface area (Å²) in [6, 6.07) is 12.2. The standard InChI is InChI=1S/C15H14N2O/c1-2-18-12-5-3-11(4-6-12)13-7-9-16-15-14(13)8-10-17-15/h3-10H,2H2,1H3,(H,16,17). The number of rotatable bonds is 3. The molecule has 0 aliphatic rings. The quantitative estimate of drug-likeness (QED) is 0.756. The van der Waals surface area contributed by atoms with Crippen LogP contribution in [0.5, 0.6) is 5.75 Å². The lowest BCUT2D eigenvalue weighted by Gasteiger charge is -2.06. The Morgan fingerprint density at radius 3 is 2.72 bits per heavy atom. The second kappa shape index (κ2) is 4.53. The molecule has 3 nitrogen and oxygen atoms in total. The molecule has 3 aromatic rings. The van der Waals surface area contributed by atoms with Gasteiger partial charge in [-0.05, 0) is 42.3 Å². The summed E-state index contributed by atoms with van der Waals surface area (Å²) in [6.45, 7) is 2.68. The van der Waals surface area contributed by atoms with Crippen LogP contribution in [0.15, 0.2) is 48.8 Å². The number of hydrogen-bond donors (Lipinski definition) is 1. The van der Waals surface area contributed by atoms with Crippen molar-refractivity contribution >= 4 is 11.0 Å². The molecule has 0 spiro atoms. The van der Waals surface area contributed by atoms with E-state index in [0.717, 1.165) is 16.8 Å². The van der Waals surface area contributed by atoms with Crippen LogP contribution in [-0.4, -0.2) is 16.6 Å². The van der Waals surface area contributed by atoms with Gasteiger partial charge in [0, 0.05) is 17.8 Å². The lowest BCUT2D eigenvalue weighted by Crippen LogP contribution is -1.90. The molecule has 0 atom stereocenters. The number of hydrogen-bond acceptors (Lipinski definition) is 2. The number of pyridine rings is 1. The number of H-pyrrole nitrogens is 1. The topological polar surface area (TPSA) is 37.9 Å². The summed E-state index contributed by atoms with van der Waals surface area (Å²) in [5.74, 6) is 0.903. The first kappa shape index (κ1) is 10.8. The predicted octanol–water partition coefficient (Wildman–Crippen LogP) is 3.63. The minimum atomic E-state index is 0.691. The first-order valence-electron chi connectivity index (χ1n) is 6.04. The lowest BCUT2D eigenvalue weighted by molar-refractivity contribution is 0.340. The molecule has 18 heavy (non-hydrogen) atoms. The van der Waals surface area contributed by atoms with Gasteiger partial charge in [0.2, 0.25) is 0 Å². The molecule has 1 aromatic carbocycles. The highest BCUT2D eigenvalue weighted by Gasteiger charge is 2.05. The molecular weight excluding hydrogens is 224 g/mol. The highest BCUT2D eigenvalue weighted by molar-refractivity contribution is 5.92. The van der Waals surface area contributed by atoms with Crippen LogP contribution in [0, 0.1) is 0 Å². The summed E-state index contributed by atoms with van der Waals surface area (Å²) >= 11 is 0. The van der Waals surface area contributed by atoms with Crippen molar-refractivity contribution in [1.29, 1.82) is 0 Å². The predicted molar refractivity (Wildman–Crippen MR) is 72.7 cm³/mol. The van der Waals surface area contributed by atoms with E-state index in [0.29, 0.717) is 6.61 Å². The van der Waals surface area contributed by atoms with Gasteiger partial charge in [0.25, 0.3) is 0 Å². The summed E-state index contributed by atoms with van der Waals surface area (Å²) in [5.41, 5.74) is 3.27. The van der Waals surface area contributed by atoms with Crippen molar-refractivity contribution in [1.82, 2.24) is 9.97 Å². The van der Waals surface area contributed by atoms with E-state index in [1.807, 2.05) is 43.6 Å². The van der Waals surface area contributed by atoms with E-state index in [-0.39, 0.29) is 0 Å². The third kappa shape index (κ3) is 1.84. The molecule has 2 heterocycles. The van der Waals surface area contributed by atoms with Gasteiger partial charge in [-0.15, -0.1) is 0 Å². The maximum atomic E-state index is 5.45. The number of aromatic nitrogens is 2. The van der Waals surface area contributed by atoms with Crippen LogP contribution in [0.3, 0.4) is 0 Å². The van der Waals surface area contributed by atoms with Gasteiger partial charge in [-0.3, -0.25) is 0 Å². The van der Waals surface area contributed by atoms with Crippen molar-refractivity contribution < 1.29 is 4.74 Å². The molecule has 3 rings (SSSR count). The number of fused-ring (bicyclic) bond motifs is 1. The summed E-state index contributed by atoms with van der Waals surface area (Å²) < 4.78 is 5.45. The molecule has 0 saturated carbocycles. The normalized spacial score (nSPS) is 10.7. The van der Waals surface area contributed by atoms with E-state index in [9.17, 15) is 0 Å². The number of nitrogens with one attached hydrogen (secondary N) is 1. The number of benzene rings is 1. The molecule has 0 aliphatic carbocycles. The Balaban J connectivity index is 2.06. The molecule has 0 amide bonds. The largest absolute Gasteiger partial charge is 0.494 e. The summed E-state index contributed by atoms with van der Waals surface area (Å²) in [7, 11) is 0. The van der Waals surface area contributed by atoms with Gasteiger partial charge in [0.15, 0.2) is 0 Å². The molecule has 0 aliphatic heterocycles. The minimum absolute atomic E-state index is 0.691. The van der Waals surface area contributed by atoms with E-state index in [2.05, 4.69) is 22.1 Å². The van der Waals surface area contributed by atoms with Crippen molar-refractivity contribution in [2.75, 3.05) is 6.61 Å². The van der Waals surface area contributed by atoms with Crippen molar-refractivity contribution in [2.24, 2.45) is 0 Å². The molecule has 2 aromatic heterocycles. The Morgan fingerprint density at radius 1 is 1.11 bits per heavy atom. The van der Waals surface area contributed by atoms with Gasteiger partial charge in [-0.2, -0.15) is 0 Å². The maximum Gasteiger partial charge on any atom is 0.137 e. The van der Waals surface area contributed by atoms with Crippen LogP contribution in [0.4, 0.5) is 0 Å². The molecule has 0 bridgehead atoms. The van der Waals surface area contributed by atoms with E-state index >= 15 is 0 Å². The zero-order valence-electron chi connectivity index (χ0n) is 10.2. The van der Waals surface area contributed by atoms with Crippen LogP contribution in [0.2, 0.25) is 0 Å². The van der Waals surface area contributed by atoms with E-state index in [1.165, 1.54) is 11.1 Å². The van der Waals surface area contributed by atoms with Gasteiger partial charge >= 0.3 is 0 Å². The van der Waals surface area contributed by atoms with Crippen LogP contribution < -0.4 is 4.74 Å². The fourth-order valence-electron chi connectivity index (χ4n) is 2.11. The summed E-state index contributed by atoms with van der Waals surface area (Å²) in [5, 5.41) is 1.14. The maximum absolute atomic E-state index is 5.45. The second-order valence-corrected chi connectivity index (χ2v) is 4.06. The Bertz CT molecular complexity index is 656. The van der Waals surface area contributed by atoms with Crippen LogP contribution in [0.25, 0.3) is 22.2 Å². The Labute approximate surface area is 105 Å².